The molecule has 2 atom stereocenters. The summed E-state index contributed by atoms with van der Waals surface area (Å²) in [6, 6.07) is 4.08. The fourth-order valence-corrected chi connectivity index (χ4v) is 4.39. The maximum atomic E-state index is 13.8. The van der Waals surface area contributed by atoms with Crippen LogP contribution in [0.2, 0.25) is 0 Å². The fourth-order valence-electron chi connectivity index (χ4n) is 3.40. The summed E-state index contributed by atoms with van der Waals surface area (Å²) in [7, 11) is 0. The zero-order chi connectivity index (χ0) is 19.8. The number of nitrogens with one attached hydrogen (secondary N) is 1. The van der Waals surface area contributed by atoms with E-state index in [1.165, 1.54) is 24.5 Å². The van der Waals surface area contributed by atoms with E-state index < -0.39 is 24.0 Å². The molecule has 0 amide bonds. The van der Waals surface area contributed by atoms with Crippen LogP contribution in [-0.4, -0.2) is 38.4 Å². The first-order chi connectivity index (χ1) is 13.4. The average Bonchev–Trinajstić information content (AvgIpc) is 3.21. The standard InChI is InChI=1S/C19H18FN3O4S/c1-9-15-17(21-8-22-18(15)28-16(9)19(25)26)23-11-6-5-10(20)7-14(11)27-13-4-2-3-12(13)24/h5-8,12-13,24H,2-4H2,1H3,(H,25,26)(H,21,22,23). The molecule has 0 spiro atoms. The molecule has 1 fully saturated rings. The number of thiophene rings is 1. The van der Waals surface area contributed by atoms with Crippen molar-refractivity contribution in [2.75, 3.05) is 5.32 Å². The number of aliphatic hydroxyl groups excluding tert-OH is 1. The summed E-state index contributed by atoms with van der Waals surface area (Å²) in [6.45, 7) is 1.70. The molecule has 1 aliphatic carbocycles. The molecule has 3 aromatic rings. The van der Waals surface area contributed by atoms with Gasteiger partial charge in [0, 0.05) is 6.07 Å². The van der Waals surface area contributed by atoms with Crippen molar-refractivity contribution in [2.45, 2.75) is 38.4 Å². The van der Waals surface area contributed by atoms with E-state index in [4.69, 9.17) is 4.74 Å². The predicted octanol–water partition coefficient (Wildman–Crippen LogP) is 3.87. The molecular formula is C19H18FN3O4S. The molecule has 3 N–H and O–H groups in total. The number of rotatable bonds is 5. The van der Waals surface area contributed by atoms with Gasteiger partial charge in [-0.2, -0.15) is 0 Å². The Kier molecular flexibility index (Phi) is 4.86. The highest BCUT2D eigenvalue weighted by Gasteiger charge is 2.28. The van der Waals surface area contributed by atoms with Crippen molar-refractivity contribution < 1.29 is 24.1 Å². The summed E-state index contributed by atoms with van der Waals surface area (Å²) >= 11 is 1.07. The van der Waals surface area contributed by atoms with E-state index in [0.29, 0.717) is 40.1 Å². The Labute approximate surface area is 163 Å². The maximum Gasteiger partial charge on any atom is 0.346 e. The lowest BCUT2D eigenvalue weighted by Gasteiger charge is -2.20. The number of aromatic nitrogens is 2. The molecule has 7 nitrogen and oxygen atoms in total. The predicted molar refractivity (Wildman–Crippen MR) is 103 cm³/mol. The van der Waals surface area contributed by atoms with Crippen molar-refractivity contribution in [1.29, 1.82) is 0 Å². The van der Waals surface area contributed by atoms with E-state index in [0.717, 1.165) is 17.8 Å². The van der Waals surface area contributed by atoms with Gasteiger partial charge in [0.05, 0.1) is 17.2 Å². The lowest BCUT2D eigenvalue weighted by Crippen LogP contribution is -2.26. The number of aromatic carboxylic acids is 1. The second kappa shape index (κ2) is 7.33. The Morgan fingerprint density at radius 1 is 1.36 bits per heavy atom. The van der Waals surface area contributed by atoms with Crippen molar-refractivity contribution in [1.82, 2.24) is 9.97 Å². The summed E-state index contributed by atoms with van der Waals surface area (Å²) in [5.41, 5.74) is 1.04. The molecule has 0 aliphatic heterocycles. The Balaban J connectivity index is 1.72. The van der Waals surface area contributed by atoms with E-state index >= 15 is 0 Å². The van der Waals surface area contributed by atoms with Gasteiger partial charge in [-0.25, -0.2) is 19.2 Å². The zero-order valence-corrected chi connectivity index (χ0v) is 15.8. The summed E-state index contributed by atoms with van der Waals surface area (Å²) in [6.07, 6.45) is 2.56. The van der Waals surface area contributed by atoms with Crippen molar-refractivity contribution >= 4 is 39.0 Å². The maximum absolute atomic E-state index is 13.8. The molecule has 0 radical (unpaired) electrons. The summed E-state index contributed by atoms with van der Waals surface area (Å²) in [5, 5.41) is 23.1. The zero-order valence-electron chi connectivity index (χ0n) is 15.0. The average molecular weight is 403 g/mol. The van der Waals surface area contributed by atoms with Gasteiger partial charge in [0.15, 0.2) is 0 Å². The van der Waals surface area contributed by atoms with Crippen LogP contribution in [0.25, 0.3) is 10.2 Å². The number of nitrogens with zero attached hydrogens (tertiary/aromatic N) is 2. The quantitative estimate of drug-likeness (QED) is 0.594. The third kappa shape index (κ3) is 3.38. The highest BCUT2D eigenvalue weighted by molar-refractivity contribution is 7.20. The SMILES string of the molecule is Cc1c(C(=O)O)sc2ncnc(Nc3ccc(F)cc3OC3CCCC3O)c12. The number of hydrogen-bond donors (Lipinski definition) is 3. The van der Waals surface area contributed by atoms with Gasteiger partial charge in [0.25, 0.3) is 0 Å². The fraction of sp³-hybridized carbons (Fsp3) is 0.316. The molecule has 2 heterocycles. The number of ether oxygens (including phenoxy) is 1. The van der Waals surface area contributed by atoms with Gasteiger partial charge in [-0.3, -0.25) is 0 Å². The molecule has 1 aromatic carbocycles. The lowest BCUT2D eigenvalue weighted by atomic mass is 10.2. The third-order valence-electron chi connectivity index (χ3n) is 4.81. The molecule has 0 bridgehead atoms. The molecule has 0 saturated heterocycles. The number of aryl methyl sites for hydroxylation is 1. The molecule has 146 valence electrons. The van der Waals surface area contributed by atoms with Gasteiger partial charge < -0.3 is 20.3 Å². The number of carboxylic acid groups (broad SMARTS) is 1. The van der Waals surface area contributed by atoms with Crippen LogP contribution in [0, 0.1) is 12.7 Å². The van der Waals surface area contributed by atoms with Crippen LogP contribution in [0.1, 0.15) is 34.5 Å². The molecular weight excluding hydrogens is 385 g/mol. The summed E-state index contributed by atoms with van der Waals surface area (Å²) < 4.78 is 19.7. The van der Waals surface area contributed by atoms with Crippen molar-refractivity contribution in [3.05, 3.63) is 40.8 Å². The monoisotopic (exact) mass is 403 g/mol. The number of carboxylic acids is 1. The van der Waals surface area contributed by atoms with Crippen LogP contribution < -0.4 is 10.1 Å². The smallest absolute Gasteiger partial charge is 0.346 e. The Hall–Kier alpha value is -2.78. The van der Waals surface area contributed by atoms with Crippen LogP contribution in [0.4, 0.5) is 15.9 Å². The number of anilines is 2. The minimum Gasteiger partial charge on any atom is -0.485 e. The van der Waals surface area contributed by atoms with E-state index in [1.807, 2.05) is 0 Å². The second-order valence-electron chi connectivity index (χ2n) is 6.68. The van der Waals surface area contributed by atoms with E-state index in [2.05, 4.69) is 15.3 Å². The van der Waals surface area contributed by atoms with Gasteiger partial charge >= 0.3 is 5.97 Å². The number of halogens is 1. The Bertz CT molecular complexity index is 1060. The minimum absolute atomic E-state index is 0.197. The van der Waals surface area contributed by atoms with E-state index in [-0.39, 0.29) is 10.6 Å². The highest BCUT2D eigenvalue weighted by atomic mass is 32.1. The molecule has 28 heavy (non-hydrogen) atoms. The molecule has 9 heteroatoms. The van der Waals surface area contributed by atoms with Crippen molar-refractivity contribution in [2.24, 2.45) is 0 Å². The first-order valence-corrected chi connectivity index (χ1v) is 9.64. The van der Waals surface area contributed by atoms with Crippen LogP contribution in [0.15, 0.2) is 24.5 Å². The second-order valence-corrected chi connectivity index (χ2v) is 7.68. The Morgan fingerprint density at radius 2 is 2.18 bits per heavy atom. The summed E-state index contributed by atoms with van der Waals surface area (Å²) in [5.74, 6) is -0.799. The van der Waals surface area contributed by atoms with Gasteiger partial charge in [-0.15, -0.1) is 11.3 Å². The largest absolute Gasteiger partial charge is 0.485 e. The molecule has 2 unspecified atom stereocenters. The van der Waals surface area contributed by atoms with Gasteiger partial charge in [0.2, 0.25) is 0 Å². The van der Waals surface area contributed by atoms with E-state index in [1.54, 1.807) is 6.92 Å². The number of benzene rings is 1. The third-order valence-corrected chi connectivity index (χ3v) is 6.00. The number of carbonyl (C=O) groups is 1. The first kappa shape index (κ1) is 18.6. The van der Waals surface area contributed by atoms with Crippen LogP contribution in [-0.2, 0) is 0 Å². The Morgan fingerprint density at radius 3 is 2.89 bits per heavy atom. The van der Waals surface area contributed by atoms with Gasteiger partial charge in [-0.05, 0) is 43.9 Å². The lowest BCUT2D eigenvalue weighted by molar-refractivity contribution is 0.0607. The van der Waals surface area contributed by atoms with Gasteiger partial charge in [-0.1, -0.05) is 0 Å². The number of aliphatic hydroxyl groups is 1. The normalized spacial score (nSPS) is 19.1. The number of fused-ring (bicyclic) bond motifs is 1. The highest BCUT2D eigenvalue weighted by Crippen LogP contribution is 2.37. The van der Waals surface area contributed by atoms with Crippen LogP contribution >= 0.6 is 11.3 Å². The first-order valence-electron chi connectivity index (χ1n) is 8.82. The molecule has 1 aliphatic rings. The van der Waals surface area contributed by atoms with Gasteiger partial charge in [0.1, 0.15) is 39.5 Å². The molecule has 2 aromatic heterocycles. The molecule has 1 saturated carbocycles. The van der Waals surface area contributed by atoms with E-state index in [9.17, 15) is 19.4 Å². The molecule has 4 rings (SSSR count). The van der Waals surface area contributed by atoms with Crippen molar-refractivity contribution in [3.63, 3.8) is 0 Å². The van der Waals surface area contributed by atoms with Crippen LogP contribution in [0.3, 0.4) is 0 Å². The van der Waals surface area contributed by atoms with Crippen LogP contribution in [0.5, 0.6) is 5.75 Å². The van der Waals surface area contributed by atoms with Crippen molar-refractivity contribution in [3.8, 4) is 5.75 Å². The number of hydrogen-bond acceptors (Lipinski definition) is 7. The topological polar surface area (TPSA) is 105 Å². The minimum atomic E-state index is -1.02. The summed E-state index contributed by atoms with van der Waals surface area (Å²) in [4.78, 5) is 20.6.